The van der Waals surface area contributed by atoms with Crippen molar-refractivity contribution in [1.82, 2.24) is 0 Å². The van der Waals surface area contributed by atoms with Crippen LogP contribution in [0.3, 0.4) is 0 Å². The van der Waals surface area contributed by atoms with E-state index < -0.39 is 0 Å². The topological polar surface area (TPSA) is 0 Å². The highest BCUT2D eigenvalue weighted by Gasteiger charge is 2.25. The van der Waals surface area contributed by atoms with Crippen molar-refractivity contribution in [1.29, 1.82) is 0 Å². The van der Waals surface area contributed by atoms with E-state index in [0.717, 1.165) is 6.42 Å². The molecule has 1 atom stereocenters. The summed E-state index contributed by atoms with van der Waals surface area (Å²) < 4.78 is 0. The molecule has 0 nitrogen and oxygen atoms in total. The second kappa shape index (κ2) is 4.01. The molecule has 2 aromatic rings. The summed E-state index contributed by atoms with van der Waals surface area (Å²) in [7, 11) is 3.95. The zero-order valence-electron chi connectivity index (χ0n) is 9.56. The first-order chi connectivity index (χ1) is 8.30. The second-order valence-corrected chi connectivity index (χ2v) is 5.38. The van der Waals surface area contributed by atoms with Crippen LogP contribution in [0.5, 0.6) is 0 Å². The molecule has 0 bridgehead atoms. The molecule has 81 valence electrons. The smallest absolute Gasteiger partial charge is 0.0440 e. The van der Waals surface area contributed by atoms with Crippen LogP contribution in [0, 0.1) is 0 Å². The first-order valence-electron chi connectivity index (χ1n) is 5.87. The molecule has 0 aromatic heterocycles. The van der Waals surface area contributed by atoms with Gasteiger partial charge in [0.25, 0.3) is 0 Å². The lowest BCUT2D eigenvalue weighted by Gasteiger charge is -2.28. The van der Waals surface area contributed by atoms with E-state index in [2.05, 4.69) is 77.0 Å². The number of hydrogen-bond donors (Lipinski definition) is 0. The van der Waals surface area contributed by atoms with Crippen molar-refractivity contribution >= 4 is 21.0 Å². The highest BCUT2D eigenvalue weighted by Crippen LogP contribution is 2.34. The zero-order valence-corrected chi connectivity index (χ0v) is 10.6. The van der Waals surface area contributed by atoms with E-state index in [1.54, 1.807) is 0 Å². The average Bonchev–Trinajstić information content (AvgIpc) is 2.39. The minimum atomic E-state index is -0.0599. The molecule has 0 saturated heterocycles. The van der Waals surface area contributed by atoms with Gasteiger partial charge in [-0.3, -0.25) is 0 Å². The van der Waals surface area contributed by atoms with Crippen LogP contribution < -0.4 is 0 Å². The van der Waals surface area contributed by atoms with Gasteiger partial charge in [0.15, 0.2) is 0 Å². The lowest BCUT2D eigenvalue weighted by molar-refractivity contribution is 0.769. The quantitative estimate of drug-likeness (QED) is 0.659. The Morgan fingerprint density at radius 3 is 2.59 bits per heavy atom. The van der Waals surface area contributed by atoms with E-state index >= 15 is 0 Å². The molecule has 0 aliphatic heterocycles. The minimum absolute atomic E-state index is 0.0599. The zero-order chi connectivity index (χ0) is 11.7. The standard InChI is InChI=1S/C16H13Si/c17-16(11-4-1-5-12-16)15-10-6-8-13-7-2-3-9-14(13)15/h1-11H,12H2. The monoisotopic (exact) mass is 233 g/mol. The average molecular weight is 233 g/mol. The van der Waals surface area contributed by atoms with Crippen LogP contribution in [0.15, 0.2) is 66.8 Å². The molecular formula is C16H13Si. The van der Waals surface area contributed by atoms with Crippen molar-refractivity contribution in [2.45, 2.75) is 11.5 Å². The van der Waals surface area contributed by atoms with Crippen LogP contribution in [0.25, 0.3) is 10.8 Å². The van der Waals surface area contributed by atoms with E-state index in [1.165, 1.54) is 16.3 Å². The third kappa shape index (κ3) is 1.77. The van der Waals surface area contributed by atoms with Gasteiger partial charge in [-0.25, -0.2) is 0 Å². The van der Waals surface area contributed by atoms with E-state index in [-0.39, 0.29) is 5.04 Å². The SMILES string of the molecule is [Si]C1(c2cccc3ccccc23)C=CC=CC1. The maximum atomic E-state index is 3.95. The summed E-state index contributed by atoms with van der Waals surface area (Å²) in [5, 5.41) is 2.56. The van der Waals surface area contributed by atoms with Gasteiger partial charge in [-0.15, -0.1) is 0 Å². The molecule has 3 rings (SSSR count). The molecule has 0 heterocycles. The van der Waals surface area contributed by atoms with Gasteiger partial charge in [0, 0.05) is 15.3 Å². The Bertz CT molecular complexity index is 604. The highest BCUT2D eigenvalue weighted by atomic mass is 28.1. The lowest BCUT2D eigenvalue weighted by Crippen LogP contribution is -2.24. The number of allylic oxidation sites excluding steroid dienone is 4. The number of fused-ring (bicyclic) bond motifs is 1. The molecule has 0 spiro atoms. The fourth-order valence-electron chi connectivity index (χ4n) is 2.43. The fraction of sp³-hybridized carbons (Fsp3) is 0.125. The van der Waals surface area contributed by atoms with Crippen molar-refractivity contribution < 1.29 is 0 Å². The molecule has 2 aromatic carbocycles. The Hall–Kier alpha value is -1.60. The Kier molecular flexibility index (Phi) is 2.48. The van der Waals surface area contributed by atoms with E-state index in [9.17, 15) is 0 Å². The third-order valence-electron chi connectivity index (χ3n) is 3.34. The second-order valence-electron chi connectivity index (χ2n) is 4.49. The van der Waals surface area contributed by atoms with Crippen LogP contribution in [0.4, 0.5) is 0 Å². The van der Waals surface area contributed by atoms with Crippen LogP contribution in [0.1, 0.15) is 12.0 Å². The fourth-order valence-corrected chi connectivity index (χ4v) is 2.87. The van der Waals surface area contributed by atoms with Gasteiger partial charge in [0.2, 0.25) is 0 Å². The van der Waals surface area contributed by atoms with Crippen molar-refractivity contribution in [2.24, 2.45) is 0 Å². The van der Waals surface area contributed by atoms with Crippen molar-refractivity contribution in [2.75, 3.05) is 0 Å². The summed E-state index contributed by atoms with van der Waals surface area (Å²) in [4.78, 5) is 0. The van der Waals surface area contributed by atoms with Crippen molar-refractivity contribution in [3.63, 3.8) is 0 Å². The van der Waals surface area contributed by atoms with Gasteiger partial charge < -0.3 is 0 Å². The molecule has 0 fully saturated rings. The molecule has 17 heavy (non-hydrogen) atoms. The first kappa shape index (κ1) is 10.5. The highest BCUT2D eigenvalue weighted by molar-refractivity contribution is 6.19. The van der Waals surface area contributed by atoms with Crippen LogP contribution in [-0.2, 0) is 5.04 Å². The molecule has 0 amide bonds. The Morgan fingerprint density at radius 2 is 1.76 bits per heavy atom. The maximum absolute atomic E-state index is 3.95. The molecule has 3 radical (unpaired) electrons. The largest absolute Gasteiger partial charge is 0.0837 e. The van der Waals surface area contributed by atoms with Gasteiger partial charge in [0.1, 0.15) is 0 Å². The molecule has 1 aliphatic carbocycles. The molecular weight excluding hydrogens is 220 g/mol. The van der Waals surface area contributed by atoms with Crippen molar-refractivity contribution in [3.8, 4) is 0 Å². The van der Waals surface area contributed by atoms with Crippen LogP contribution in [-0.4, -0.2) is 10.2 Å². The van der Waals surface area contributed by atoms with Gasteiger partial charge >= 0.3 is 0 Å². The Morgan fingerprint density at radius 1 is 0.941 bits per heavy atom. The number of hydrogen-bond acceptors (Lipinski definition) is 0. The lowest BCUT2D eigenvalue weighted by atomic mass is 9.87. The molecule has 1 heteroatoms. The summed E-state index contributed by atoms with van der Waals surface area (Å²) in [6, 6.07) is 15.0. The third-order valence-corrected chi connectivity index (χ3v) is 3.98. The number of benzene rings is 2. The van der Waals surface area contributed by atoms with Crippen molar-refractivity contribution in [3.05, 3.63) is 72.3 Å². The van der Waals surface area contributed by atoms with Gasteiger partial charge in [-0.2, -0.15) is 0 Å². The summed E-state index contributed by atoms with van der Waals surface area (Å²) >= 11 is 0. The predicted molar refractivity (Wildman–Crippen MR) is 74.3 cm³/mol. The number of rotatable bonds is 1. The van der Waals surface area contributed by atoms with E-state index in [1.807, 2.05) is 0 Å². The Balaban J connectivity index is 2.24. The molecule has 1 unspecified atom stereocenters. The summed E-state index contributed by atoms with van der Waals surface area (Å²) in [6.45, 7) is 0. The normalized spacial score (nSPS) is 23.1. The molecule has 1 aliphatic rings. The van der Waals surface area contributed by atoms with Crippen LogP contribution in [0.2, 0.25) is 0 Å². The minimum Gasteiger partial charge on any atom is -0.0837 e. The Labute approximate surface area is 105 Å². The van der Waals surface area contributed by atoms with Gasteiger partial charge in [0.05, 0.1) is 0 Å². The molecule has 0 saturated carbocycles. The van der Waals surface area contributed by atoms with E-state index in [4.69, 9.17) is 0 Å². The van der Waals surface area contributed by atoms with Crippen LogP contribution >= 0.6 is 0 Å². The first-order valence-corrected chi connectivity index (χ1v) is 6.37. The van der Waals surface area contributed by atoms with Gasteiger partial charge in [-0.1, -0.05) is 66.8 Å². The summed E-state index contributed by atoms with van der Waals surface area (Å²) in [5.74, 6) is 0. The molecule has 0 N–H and O–H groups in total. The summed E-state index contributed by atoms with van der Waals surface area (Å²) in [6.07, 6.45) is 9.64. The van der Waals surface area contributed by atoms with E-state index in [0.29, 0.717) is 0 Å². The summed E-state index contributed by atoms with van der Waals surface area (Å²) in [5.41, 5.74) is 1.34. The van der Waals surface area contributed by atoms with Gasteiger partial charge in [-0.05, 0) is 22.8 Å². The maximum Gasteiger partial charge on any atom is 0.0440 e. The predicted octanol–water partition coefficient (Wildman–Crippen LogP) is 3.72.